The Morgan fingerprint density at radius 3 is 2.72 bits per heavy atom. The molecule has 0 fully saturated rings. The van der Waals surface area contributed by atoms with Crippen molar-refractivity contribution in [2.24, 2.45) is 0 Å². The van der Waals surface area contributed by atoms with E-state index in [9.17, 15) is 4.39 Å². The van der Waals surface area contributed by atoms with Crippen molar-refractivity contribution < 1.29 is 4.39 Å². The van der Waals surface area contributed by atoms with Gasteiger partial charge >= 0.3 is 0 Å². The lowest BCUT2D eigenvalue weighted by molar-refractivity contribution is 0.597. The Hall–Kier alpha value is -0.250. The molecular weight excluding hydrogens is 269 g/mol. The van der Waals surface area contributed by atoms with Crippen LogP contribution in [0.2, 0.25) is 5.02 Å². The van der Waals surface area contributed by atoms with Crippen LogP contribution in [0.25, 0.3) is 0 Å². The molecule has 1 nitrogen and oxygen atoms in total. The molecule has 1 aromatic rings. The van der Waals surface area contributed by atoms with Crippen LogP contribution in [-0.2, 0) is 6.54 Å². The monoisotopic (exact) mass is 289 g/mol. The summed E-state index contributed by atoms with van der Waals surface area (Å²) in [5.41, 5.74) is 0.959. The molecule has 0 saturated carbocycles. The van der Waals surface area contributed by atoms with E-state index in [1.54, 1.807) is 6.07 Å². The van der Waals surface area contributed by atoms with E-state index in [2.05, 4.69) is 11.6 Å². The normalized spacial score (nSPS) is 10.8. The third-order valence-corrected chi connectivity index (χ3v) is 3.83. The van der Waals surface area contributed by atoms with E-state index in [0.717, 1.165) is 12.1 Å². The van der Waals surface area contributed by atoms with Crippen molar-refractivity contribution in [2.75, 3.05) is 18.6 Å². The number of unbranched alkanes of at least 4 members (excludes halogenated alkanes) is 3. The first kappa shape index (κ1) is 15.8. The fourth-order valence-electron chi connectivity index (χ4n) is 1.74. The second kappa shape index (κ2) is 9.65. The summed E-state index contributed by atoms with van der Waals surface area (Å²) in [5, 5.41) is 3.84. The van der Waals surface area contributed by atoms with Crippen LogP contribution in [0.5, 0.6) is 0 Å². The van der Waals surface area contributed by atoms with Crippen LogP contribution in [0.15, 0.2) is 18.2 Å². The number of hydrogen-bond acceptors (Lipinski definition) is 2. The molecule has 0 bridgehead atoms. The first-order valence-electron chi connectivity index (χ1n) is 6.37. The number of rotatable bonds is 9. The van der Waals surface area contributed by atoms with E-state index in [0.29, 0.717) is 11.6 Å². The first-order valence-corrected chi connectivity index (χ1v) is 8.15. The summed E-state index contributed by atoms with van der Waals surface area (Å²) in [6.45, 7) is 1.71. The van der Waals surface area contributed by atoms with Gasteiger partial charge in [-0.2, -0.15) is 11.8 Å². The average molecular weight is 290 g/mol. The van der Waals surface area contributed by atoms with E-state index in [-0.39, 0.29) is 5.82 Å². The molecule has 0 aromatic heterocycles. The molecule has 0 unspecified atom stereocenters. The van der Waals surface area contributed by atoms with Gasteiger partial charge in [-0.15, -0.1) is 0 Å². The van der Waals surface area contributed by atoms with Crippen molar-refractivity contribution in [3.8, 4) is 0 Å². The minimum Gasteiger partial charge on any atom is -0.313 e. The fraction of sp³-hybridized carbons (Fsp3) is 0.571. The number of thioether (sulfide) groups is 1. The largest absolute Gasteiger partial charge is 0.313 e. The Labute approximate surface area is 118 Å². The van der Waals surface area contributed by atoms with Crippen LogP contribution in [0.4, 0.5) is 4.39 Å². The molecule has 1 aromatic carbocycles. The van der Waals surface area contributed by atoms with E-state index in [4.69, 9.17) is 11.6 Å². The number of hydrogen-bond donors (Lipinski definition) is 1. The minimum absolute atomic E-state index is 0.280. The van der Waals surface area contributed by atoms with Crippen LogP contribution in [0.3, 0.4) is 0 Å². The summed E-state index contributed by atoms with van der Waals surface area (Å²) < 4.78 is 12.8. The van der Waals surface area contributed by atoms with Crippen LogP contribution in [0, 0.1) is 5.82 Å². The Morgan fingerprint density at radius 2 is 2.00 bits per heavy atom. The maximum Gasteiger partial charge on any atom is 0.124 e. The smallest absolute Gasteiger partial charge is 0.124 e. The zero-order chi connectivity index (χ0) is 13.2. The van der Waals surface area contributed by atoms with E-state index in [1.807, 2.05) is 11.8 Å². The SMILES string of the molecule is CSCCCCCCNCc1ccc(F)cc1Cl. The molecule has 0 aliphatic carbocycles. The van der Waals surface area contributed by atoms with Gasteiger partial charge in [-0.05, 0) is 49.1 Å². The van der Waals surface area contributed by atoms with Crippen LogP contribution in [-0.4, -0.2) is 18.6 Å². The predicted octanol–water partition coefficient (Wildman–Crippen LogP) is 4.49. The fourth-order valence-corrected chi connectivity index (χ4v) is 2.46. The summed E-state index contributed by atoms with van der Waals surface area (Å²) in [5.74, 6) is 0.982. The zero-order valence-electron chi connectivity index (χ0n) is 10.8. The van der Waals surface area contributed by atoms with Gasteiger partial charge in [-0.25, -0.2) is 4.39 Å². The molecule has 0 amide bonds. The van der Waals surface area contributed by atoms with Gasteiger partial charge in [0.2, 0.25) is 0 Å². The highest BCUT2D eigenvalue weighted by molar-refractivity contribution is 7.98. The summed E-state index contributed by atoms with van der Waals surface area (Å²) in [7, 11) is 0. The third kappa shape index (κ3) is 6.62. The quantitative estimate of drug-likeness (QED) is 0.672. The van der Waals surface area contributed by atoms with E-state index in [1.165, 1.54) is 43.6 Å². The van der Waals surface area contributed by atoms with Gasteiger partial charge in [-0.1, -0.05) is 30.5 Å². The highest BCUT2D eigenvalue weighted by atomic mass is 35.5. The molecule has 0 aliphatic heterocycles. The maximum absolute atomic E-state index is 12.8. The molecule has 0 spiro atoms. The Bertz CT molecular complexity index is 347. The summed E-state index contributed by atoms with van der Waals surface area (Å²) in [4.78, 5) is 0. The molecule has 0 atom stereocenters. The lowest BCUT2D eigenvalue weighted by Crippen LogP contribution is -2.15. The lowest BCUT2D eigenvalue weighted by Gasteiger charge is -2.06. The second-order valence-electron chi connectivity index (χ2n) is 4.32. The van der Waals surface area contributed by atoms with Gasteiger partial charge in [0.15, 0.2) is 0 Å². The van der Waals surface area contributed by atoms with Gasteiger partial charge in [0.05, 0.1) is 0 Å². The molecule has 1 rings (SSSR count). The summed E-state index contributed by atoms with van der Waals surface area (Å²) >= 11 is 7.85. The third-order valence-electron chi connectivity index (χ3n) is 2.78. The van der Waals surface area contributed by atoms with Crippen molar-refractivity contribution in [3.63, 3.8) is 0 Å². The zero-order valence-corrected chi connectivity index (χ0v) is 12.4. The molecule has 0 radical (unpaired) electrons. The highest BCUT2D eigenvalue weighted by Crippen LogP contribution is 2.16. The second-order valence-corrected chi connectivity index (χ2v) is 5.71. The average Bonchev–Trinajstić information content (AvgIpc) is 2.35. The maximum atomic E-state index is 12.8. The lowest BCUT2D eigenvalue weighted by atomic mass is 10.2. The van der Waals surface area contributed by atoms with Crippen molar-refractivity contribution in [3.05, 3.63) is 34.6 Å². The Balaban J connectivity index is 2.07. The summed E-state index contributed by atoms with van der Waals surface area (Å²) in [6, 6.07) is 4.55. The Kier molecular flexibility index (Phi) is 8.47. The first-order chi connectivity index (χ1) is 8.74. The number of benzene rings is 1. The topological polar surface area (TPSA) is 12.0 Å². The molecule has 4 heteroatoms. The standard InChI is InChI=1S/C14H21ClFNS/c1-18-9-5-3-2-4-8-17-11-12-6-7-13(16)10-14(12)15/h6-7,10,17H,2-5,8-9,11H2,1H3. The molecule has 0 saturated heterocycles. The van der Waals surface area contributed by atoms with Crippen LogP contribution in [0.1, 0.15) is 31.2 Å². The summed E-state index contributed by atoms with van der Waals surface area (Å²) in [6.07, 6.45) is 7.22. The number of nitrogens with one attached hydrogen (secondary N) is 1. The van der Waals surface area contributed by atoms with Crippen molar-refractivity contribution in [1.29, 1.82) is 0 Å². The van der Waals surface area contributed by atoms with Gasteiger partial charge in [0, 0.05) is 11.6 Å². The van der Waals surface area contributed by atoms with Gasteiger partial charge < -0.3 is 5.32 Å². The van der Waals surface area contributed by atoms with E-state index >= 15 is 0 Å². The highest BCUT2D eigenvalue weighted by Gasteiger charge is 2.01. The predicted molar refractivity (Wildman–Crippen MR) is 80.0 cm³/mol. The van der Waals surface area contributed by atoms with Crippen molar-refractivity contribution in [1.82, 2.24) is 5.32 Å². The van der Waals surface area contributed by atoms with Crippen LogP contribution < -0.4 is 5.32 Å². The van der Waals surface area contributed by atoms with E-state index < -0.39 is 0 Å². The Morgan fingerprint density at radius 1 is 1.22 bits per heavy atom. The molecule has 18 heavy (non-hydrogen) atoms. The minimum atomic E-state index is -0.280. The molecule has 1 N–H and O–H groups in total. The van der Waals surface area contributed by atoms with Crippen molar-refractivity contribution >= 4 is 23.4 Å². The van der Waals surface area contributed by atoms with Gasteiger partial charge in [0.1, 0.15) is 5.82 Å². The van der Waals surface area contributed by atoms with Gasteiger partial charge in [-0.3, -0.25) is 0 Å². The molecular formula is C14H21ClFNS. The van der Waals surface area contributed by atoms with Gasteiger partial charge in [0.25, 0.3) is 0 Å². The molecule has 0 aliphatic rings. The molecule has 0 heterocycles. The van der Waals surface area contributed by atoms with Crippen molar-refractivity contribution in [2.45, 2.75) is 32.2 Å². The van der Waals surface area contributed by atoms with Crippen LogP contribution >= 0.6 is 23.4 Å². The number of halogens is 2. The molecule has 102 valence electrons.